The highest BCUT2D eigenvalue weighted by Gasteiger charge is 2.34. The number of sulfonamides is 1. The van der Waals surface area contributed by atoms with E-state index < -0.39 is 16.1 Å². The molecule has 1 saturated heterocycles. The fraction of sp³-hybridized carbons (Fsp3) is 0.500. The van der Waals surface area contributed by atoms with Gasteiger partial charge in [-0.3, -0.25) is 0 Å². The molecule has 1 aromatic carbocycles. The van der Waals surface area contributed by atoms with Gasteiger partial charge in [0, 0.05) is 25.6 Å². The van der Waals surface area contributed by atoms with Crippen molar-refractivity contribution in [1.82, 2.24) is 14.5 Å². The summed E-state index contributed by atoms with van der Waals surface area (Å²) in [6.45, 7) is 3.36. The zero-order valence-electron chi connectivity index (χ0n) is 14.3. The molecule has 2 aliphatic heterocycles. The zero-order valence-corrected chi connectivity index (χ0v) is 15.1. The van der Waals surface area contributed by atoms with Crippen molar-refractivity contribution in [3.8, 4) is 11.5 Å². The molecule has 1 aromatic heterocycles. The molecule has 2 aromatic rings. The minimum absolute atomic E-state index is 0.113. The van der Waals surface area contributed by atoms with Crippen molar-refractivity contribution in [3.63, 3.8) is 0 Å². The summed E-state index contributed by atoms with van der Waals surface area (Å²) in [5.41, 5.74) is 0. The fourth-order valence-electron chi connectivity index (χ4n) is 2.87. The van der Waals surface area contributed by atoms with Crippen LogP contribution in [0.25, 0.3) is 0 Å². The minimum Gasteiger partial charge on any atom is -0.486 e. The molecule has 0 spiro atoms. The van der Waals surface area contributed by atoms with Crippen molar-refractivity contribution in [3.05, 3.63) is 30.0 Å². The maximum Gasteiger partial charge on any atom is 0.246 e. The predicted molar refractivity (Wildman–Crippen MR) is 88.6 cm³/mol. The van der Waals surface area contributed by atoms with Gasteiger partial charge < -0.3 is 18.6 Å². The monoisotopic (exact) mass is 381 g/mol. The van der Waals surface area contributed by atoms with Gasteiger partial charge in [-0.05, 0) is 12.1 Å². The second-order valence-electron chi connectivity index (χ2n) is 5.92. The summed E-state index contributed by atoms with van der Waals surface area (Å²) in [4.78, 5) is 0.155. The number of aromatic nitrogens is 2. The Morgan fingerprint density at radius 1 is 1.15 bits per heavy atom. The molecule has 2 aliphatic rings. The lowest BCUT2D eigenvalue weighted by molar-refractivity contribution is -0.0178. The van der Waals surface area contributed by atoms with Gasteiger partial charge in [-0.2, -0.15) is 4.31 Å². The summed E-state index contributed by atoms with van der Waals surface area (Å²) in [6, 6.07) is 4.64. The lowest BCUT2D eigenvalue weighted by Gasteiger charge is -2.30. The molecule has 4 rings (SSSR count). The average Bonchev–Trinajstić information content (AvgIpc) is 3.17. The van der Waals surface area contributed by atoms with Gasteiger partial charge in [-0.1, -0.05) is 6.92 Å². The minimum atomic E-state index is -3.71. The third kappa shape index (κ3) is 3.15. The molecule has 1 atom stereocenters. The molecule has 9 nitrogen and oxygen atoms in total. The van der Waals surface area contributed by atoms with Gasteiger partial charge in [0.2, 0.25) is 21.8 Å². The first kappa shape index (κ1) is 17.3. The van der Waals surface area contributed by atoms with Crippen LogP contribution in [0.2, 0.25) is 0 Å². The van der Waals surface area contributed by atoms with E-state index in [4.69, 9.17) is 18.6 Å². The standard InChI is InChI=1S/C16H19N3O6S/c1-2-15-17-18-16(25-15)14-10-19(5-6-22-14)26(20,21)11-3-4-12-13(9-11)24-8-7-23-12/h3-4,9,14H,2,5-8,10H2,1H3/t14-/m0/s1. The zero-order chi connectivity index (χ0) is 18.1. The van der Waals surface area contributed by atoms with E-state index in [9.17, 15) is 8.42 Å². The molecular formula is C16H19N3O6S. The normalized spacial score (nSPS) is 20.9. The van der Waals surface area contributed by atoms with Gasteiger partial charge in [0.1, 0.15) is 19.3 Å². The van der Waals surface area contributed by atoms with Gasteiger partial charge in [0.05, 0.1) is 11.5 Å². The van der Waals surface area contributed by atoms with Crippen LogP contribution < -0.4 is 9.47 Å². The van der Waals surface area contributed by atoms with E-state index in [1.165, 1.54) is 16.4 Å². The second-order valence-corrected chi connectivity index (χ2v) is 7.85. The molecule has 0 bridgehead atoms. The first-order valence-electron chi connectivity index (χ1n) is 8.41. The molecule has 0 amide bonds. The molecule has 140 valence electrons. The number of morpholine rings is 1. The van der Waals surface area contributed by atoms with E-state index in [2.05, 4.69) is 10.2 Å². The van der Waals surface area contributed by atoms with Crippen LogP contribution in [0.4, 0.5) is 0 Å². The van der Waals surface area contributed by atoms with Crippen LogP contribution in [-0.2, 0) is 21.2 Å². The first-order valence-corrected chi connectivity index (χ1v) is 9.85. The van der Waals surface area contributed by atoms with Crippen LogP contribution >= 0.6 is 0 Å². The van der Waals surface area contributed by atoms with Crippen LogP contribution in [-0.4, -0.2) is 55.8 Å². The topological polar surface area (TPSA) is 104 Å². The molecule has 1 fully saturated rings. The molecule has 0 N–H and O–H groups in total. The highest BCUT2D eigenvalue weighted by molar-refractivity contribution is 7.89. The number of nitrogens with zero attached hydrogens (tertiary/aromatic N) is 3. The number of hydrogen-bond donors (Lipinski definition) is 0. The van der Waals surface area contributed by atoms with Gasteiger partial charge >= 0.3 is 0 Å². The molecule has 0 aliphatic carbocycles. The number of hydrogen-bond acceptors (Lipinski definition) is 8. The Hall–Kier alpha value is -2.17. The Balaban J connectivity index is 1.57. The van der Waals surface area contributed by atoms with E-state index in [-0.39, 0.29) is 24.6 Å². The summed E-state index contributed by atoms with van der Waals surface area (Å²) in [5, 5.41) is 7.87. The van der Waals surface area contributed by atoms with Crippen LogP contribution in [0.1, 0.15) is 24.8 Å². The molecule has 0 radical (unpaired) electrons. The van der Waals surface area contributed by atoms with Gasteiger partial charge in [0.25, 0.3) is 0 Å². The van der Waals surface area contributed by atoms with E-state index in [1.54, 1.807) is 6.07 Å². The second kappa shape index (κ2) is 6.86. The van der Waals surface area contributed by atoms with Gasteiger partial charge in [0.15, 0.2) is 11.5 Å². The summed E-state index contributed by atoms with van der Waals surface area (Å²) >= 11 is 0. The van der Waals surface area contributed by atoms with Crippen molar-refractivity contribution in [2.45, 2.75) is 24.3 Å². The molecular weight excluding hydrogens is 362 g/mol. The number of rotatable bonds is 4. The van der Waals surface area contributed by atoms with Crippen molar-refractivity contribution < 1.29 is 27.0 Å². The largest absolute Gasteiger partial charge is 0.486 e. The van der Waals surface area contributed by atoms with E-state index in [0.717, 1.165) is 0 Å². The fourth-order valence-corrected chi connectivity index (χ4v) is 4.31. The van der Waals surface area contributed by atoms with Gasteiger partial charge in [-0.15, -0.1) is 10.2 Å². The molecule has 0 saturated carbocycles. The van der Waals surface area contributed by atoms with E-state index >= 15 is 0 Å². The van der Waals surface area contributed by atoms with Crippen molar-refractivity contribution in [2.24, 2.45) is 0 Å². The summed E-state index contributed by atoms with van der Waals surface area (Å²) in [5.74, 6) is 1.78. The number of ether oxygens (including phenoxy) is 3. The van der Waals surface area contributed by atoms with Crippen LogP contribution in [0, 0.1) is 0 Å². The lowest BCUT2D eigenvalue weighted by atomic mass is 10.3. The van der Waals surface area contributed by atoms with E-state index in [0.29, 0.717) is 42.9 Å². The Bertz CT molecular complexity index is 897. The Morgan fingerprint density at radius 3 is 2.73 bits per heavy atom. The third-order valence-electron chi connectivity index (χ3n) is 4.24. The average molecular weight is 381 g/mol. The van der Waals surface area contributed by atoms with Crippen LogP contribution in [0.15, 0.2) is 27.5 Å². The molecule has 26 heavy (non-hydrogen) atoms. The maximum atomic E-state index is 13.0. The number of aryl methyl sites for hydroxylation is 1. The Morgan fingerprint density at radius 2 is 1.96 bits per heavy atom. The SMILES string of the molecule is CCc1nnc([C@@H]2CN(S(=O)(=O)c3ccc4c(c3)OCCO4)CCO2)o1. The maximum absolute atomic E-state index is 13.0. The number of benzene rings is 1. The van der Waals surface area contributed by atoms with E-state index in [1.807, 2.05) is 6.92 Å². The summed E-state index contributed by atoms with van der Waals surface area (Å²) < 4.78 is 49.5. The molecule has 0 unspecified atom stereocenters. The predicted octanol–water partition coefficient (Wildman–Crippen LogP) is 1.17. The Kier molecular flexibility index (Phi) is 4.55. The van der Waals surface area contributed by atoms with Crippen LogP contribution in [0.3, 0.4) is 0 Å². The quantitative estimate of drug-likeness (QED) is 0.777. The lowest BCUT2D eigenvalue weighted by Crippen LogP contribution is -2.42. The summed E-state index contributed by atoms with van der Waals surface area (Å²) in [6.07, 6.45) is 0.0300. The van der Waals surface area contributed by atoms with Crippen molar-refractivity contribution in [2.75, 3.05) is 32.9 Å². The highest BCUT2D eigenvalue weighted by atomic mass is 32.2. The Labute approximate surface area is 150 Å². The smallest absolute Gasteiger partial charge is 0.246 e. The first-order chi connectivity index (χ1) is 12.6. The summed E-state index contributed by atoms with van der Waals surface area (Å²) in [7, 11) is -3.71. The van der Waals surface area contributed by atoms with Crippen molar-refractivity contribution >= 4 is 10.0 Å². The van der Waals surface area contributed by atoms with Gasteiger partial charge in [-0.25, -0.2) is 8.42 Å². The third-order valence-corrected chi connectivity index (χ3v) is 6.10. The van der Waals surface area contributed by atoms with Crippen LogP contribution in [0.5, 0.6) is 11.5 Å². The molecule has 3 heterocycles. The molecule has 10 heteroatoms. The number of fused-ring (bicyclic) bond motifs is 1. The highest BCUT2D eigenvalue weighted by Crippen LogP contribution is 2.34. The van der Waals surface area contributed by atoms with Crippen molar-refractivity contribution in [1.29, 1.82) is 0 Å².